The van der Waals surface area contributed by atoms with Crippen molar-refractivity contribution in [3.05, 3.63) is 58.3 Å². The molecule has 0 aromatic heterocycles. The van der Waals surface area contributed by atoms with Crippen LogP contribution in [-0.4, -0.2) is 56.8 Å². The molecule has 1 heterocycles. The molecule has 0 spiro atoms. The largest absolute Gasteiger partial charge is 0.492 e. The lowest BCUT2D eigenvalue weighted by atomic mass is 9.97. The van der Waals surface area contributed by atoms with E-state index in [1.54, 1.807) is 36.2 Å². The van der Waals surface area contributed by atoms with Gasteiger partial charge in [0, 0.05) is 31.1 Å². The summed E-state index contributed by atoms with van der Waals surface area (Å²) in [5.74, 6) is -0.303. The van der Waals surface area contributed by atoms with Crippen molar-refractivity contribution in [1.29, 1.82) is 0 Å². The fraction of sp³-hybridized carbons (Fsp3) is 0.381. The first-order valence-corrected chi connectivity index (χ1v) is 12.0. The Morgan fingerprint density at radius 1 is 1.16 bits per heavy atom. The average molecular weight is 489 g/mol. The fourth-order valence-electron chi connectivity index (χ4n) is 3.38. The van der Waals surface area contributed by atoms with E-state index in [2.05, 4.69) is 0 Å². The fourth-order valence-corrected chi connectivity index (χ4v) is 5.25. The van der Waals surface area contributed by atoms with Crippen LogP contribution in [0.2, 0.25) is 10.0 Å². The van der Waals surface area contributed by atoms with Crippen LogP contribution >= 0.6 is 23.2 Å². The standard InChI is InChI=1S/C21H23Cl2FN2O4S/c1-25(12-13-30-17-4-2-16(22)3-5-17)21(27)15-8-10-26(11-9-15)31(28,29)18-6-7-20(24)19(23)14-18/h2-7,14-15H,8-13H2,1H3. The number of ether oxygens (including phenoxy) is 1. The summed E-state index contributed by atoms with van der Waals surface area (Å²) in [6.45, 7) is 1.17. The second kappa shape index (κ2) is 10.2. The van der Waals surface area contributed by atoms with Crippen LogP contribution in [0.1, 0.15) is 12.8 Å². The molecule has 10 heteroatoms. The molecule has 0 N–H and O–H groups in total. The Morgan fingerprint density at radius 2 is 1.81 bits per heavy atom. The number of sulfonamides is 1. The van der Waals surface area contributed by atoms with Crippen LogP contribution in [0, 0.1) is 11.7 Å². The van der Waals surface area contributed by atoms with Gasteiger partial charge in [-0.3, -0.25) is 4.79 Å². The molecule has 3 rings (SSSR count). The summed E-state index contributed by atoms with van der Waals surface area (Å²) in [6.07, 6.45) is 0.824. The van der Waals surface area contributed by atoms with Gasteiger partial charge in [-0.15, -0.1) is 0 Å². The van der Waals surface area contributed by atoms with Crippen molar-refractivity contribution >= 4 is 39.1 Å². The first-order valence-electron chi connectivity index (χ1n) is 9.77. The zero-order chi connectivity index (χ0) is 22.6. The summed E-state index contributed by atoms with van der Waals surface area (Å²) in [7, 11) is -2.09. The number of carbonyl (C=O) groups excluding carboxylic acids is 1. The maximum absolute atomic E-state index is 13.3. The topological polar surface area (TPSA) is 66.9 Å². The Labute approximate surface area is 191 Å². The van der Waals surface area contributed by atoms with E-state index in [1.165, 1.54) is 10.4 Å². The number of halogens is 3. The van der Waals surface area contributed by atoms with E-state index in [0.717, 1.165) is 12.1 Å². The van der Waals surface area contributed by atoms with Gasteiger partial charge >= 0.3 is 0 Å². The Morgan fingerprint density at radius 3 is 2.42 bits per heavy atom. The predicted octanol–water partition coefficient (Wildman–Crippen LogP) is 4.07. The van der Waals surface area contributed by atoms with E-state index in [0.29, 0.717) is 36.8 Å². The Bertz CT molecular complexity index is 1030. The van der Waals surface area contributed by atoms with Crippen LogP contribution in [0.25, 0.3) is 0 Å². The minimum Gasteiger partial charge on any atom is -0.492 e. The quantitative estimate of drug-likeness (QED) is 0.588. The van der Waals surface area contributed by atoms with E-state index in [-0.39, 0.29) is 34.8 Å². The van der Waals surface area contributed by atoms with Crippen molar-refractivity contribution in [2.45, 2.75) is 17.7 Å². The molecule has 1 aliphatic heterocycles. The molecule has 2 aromatic rings. The third kappa shape index (κ3) is 5.88. The molecule has 168 valence electrons. The van der Waals surface area contributed by atoms with Crippen molar-refractivity contribution in [1.82, 2.24) is 9.21 Å². The van der Waals surface area contributed by atoms with E-state index in [4.69, 9.17) is 27.9 Å². The van der Waals surface area contributed by atoms with Crippen LogP contribution in [0.3, 0.4) is 0 Å². The Kier molecular flexibility index (Phi) is 7.80. The molecular weight excluding hydrogens is 466 g/mol. The number of hydrogen-bond donors (Lipinski definition) is 0. The van der Waals surface area contributed by atoms with Gasteiger partial charge in [-0.2, -0.15) is 4.31 Å². The monoisotopic (exact) mass is 488 g/mol. The first kappa shape index (κ1) is 23.8. The first-order chi connectivity index (χ1) is 14.7. The van der Waals surface area contributed by atoms with Crippen molar-refractivity contribution in [2.24, 2.45) is 5.92 Å². The number of piperidine rings is 1. The lowest BCUT2D eigenvalue weighted by Gasteiger charge is -2.32. The predicted molar refractivity (Wildman–Crippen MR) is 117 cm³/mol. The molecule has 1 fully saturated rings. The molecule has 0 atom stereocenters. The van der Waals surface area contributed by atoms with Crippen LogP contribution in [0.4, 0.5) is 4.39 Å². The molecule has 0 aliphatic carbocycles. The number of hydrogen-bond acceptors (Lipinski definition) is 4. The van der Waals surface area contributed by atoms with Gasteiger partial charge in [0.15, 0.2) is 0 Å². The Balaban J connectivity index is 1.50. The zero-order valence-corrected chi connectivity index (χ0v) is 19.3. The summed E-state index contributed by atoms with van der Waals surface area (Å²) in [6, 6.07) is 10.3. The highest BCUT2D eigenvalue weighted by atomic mass is 35.5. The number of nitrogens with zero attached hydrogens (tertiary/aromatic N) is 2. The summed E-state index contributed by atoms with van der Waals surface area (Å²) >= 11 is 11.6. The number of amides is 1. The molecule has 0 radical (unpaired) electrons. The molecule has 1 saturated heterocycles. The highest BCUT2D eigenvalue weighted by molar-refractivity contribution is 7.89. The third-order valence-electron chi connectivity index (χ3n) is 5.22. The maximum atomic E-state index is 13.3. The van der Waals surface area contributed by atoms with Gasteiger partial charge in [-0.25, -0.2) is 12.8 Å². The molecule has 1 amide bonds. The van der Waals surface area contributed by atoms with Crippen molar-refractivity contribution in [3.63, 3.8) is 0 Å². The van der Waals surface area contributed by atoms with Crippen molar-refractivity contribution in [3.8, 4) is 5.75 Å². The molecule has 0 unspecified atom stereocenters. The van der Waals surface area contributed by atoms with Crippen molar-refractivity contribution < 1.29 is 22.3 Å². The highest BCUT2D eigenvalue weighted by Gasteiger charge is 2.33. The average Bonchev–Trinajstić information content (AvgIpc) is 2.76. The SMILES string of the molecule is CN(CCOc1ccc(Cl)cc1)C(=O)C1CCN(S(=O)(=O)c2ccc(F)c(Cl)c2)CC1. The normalized spacial score (nSPS) is 15.6. The molecule has 1 aliphatic rings. The summed E-state index contributed by atoms with van der Waals surface area (Å²) in [4.78, 5) is 14.3. The number of likely N-dealkylation sites (N-methyl/N-ethyl adjacent to an activating group) is 1. The second-order valence-corrected chi connectivity index (χ2v) is 10.1. The second-order valence-electron chi connectivity index (χ2n) is 7.32. The smallest absolute Gasteiger partial charge is 0.243 e. The third-order valence-corrected chi connectivity index (χ3v) is 7.65. The van der Waals surface area contributed by atoms with Gasteiger partial charge in [0.2, 0.25) is 15.9 Å². The summed E-state index contributed by atoms with van der Waals surface area (Å²) in [5, 5.41) is 0.379. The van der Waals surface area contributed by atoms with Gasteiger partial charge in [-0.05, 0) is 55.3 Å². The molecular formula is C21H23Cl2FN2O4S. The van der Waals surface area contributed by atoms with Gasteiger partial charge in [0.25, 0.3) is 0 Å². The minimum atomic E-state index is -3.79. The van der Waals surface area contributed by atoms with Gasteiger partial charge in [-0.1, -0.05) is 23.2 Å². The van der Waals surface area contributed by atoms with E-state index in [9.17, 15) is 17.6 Å². The van der Waals surface area contributed by atoms with Gasteiger partial charge in [0.05, 0.1) is 16.5 Å². The lowest BCUT2D eigenvalue weighted by molar-refractivity contribution is -0.135. The molecule has 0 saturated carbocycles. The van der Waals surface area contributed by atoms with Gasteiger partial charge < -0.3 is 9.64 Å². The number of rotatable bonds is 7. The Hall–Kier alpha value is -1.87. The van der Waals surface area contributed by atoms with Crippen molar-refractivity contribution in [2.75, 3.05) is 33.3 Å². The molecule has 2 aromatic carbocycles. The van der Waals surface area contributed by atoms with Crippen LogP contribution in [-0.2, 0) is 14.8 Å². The zero-order valence-electron chi connectivity index (χ0n) is 16.9. The number of benzene rings is 2. The summed E-state index contributed by atoms with van der Waals surface area (Å²) in [5.41, 5.74) is 0. The minimum absolute atomic E-state index is 0.0402. The van der Waals surface area contributed by atoms with Crippen LogP contribution < -0.4 is 4.74 Å². The molecule has 0 bridgehead atoms. The highest BCUT2D eigenvalue weighted by Crippen LogP contribution is 2.27. The van der Waals surface area contributed by atoms with E-state index < -0.39 is 15.8 Å². The molecule has 6 nitrogen and oxygen atoms in total. The van der Waals surface area contributed by atoms with Gasteiger partial charge in [0.1, 0.15) is 18.2 Å². The summed E-state index contributed by atoms with van der Waals surface area (Å²) < 4.78 is 45.8. The molecule has 31 heavy (non-hydrogen) atoms. The van der Waals surface area contributed by atoms with E-state index in [1.807, 2.05) is 0 Å². The number of carbonyl (C=O) groups is 1. The van der Waals surface area contributed by atoms with Crippen LogP contribution in [0.15, 0.2) is 47.4 Å². The maximum Gasteiger partial charge on any atom is 0.243 e. The van der Waals surface area contributed by atoms with E-state index >= 15 is 0 Å². The lowest BCUT2D eigenvalue weighted by Crippen LogP contribution is -2.44. The van der Waals surface area contributed by atoms with Crippen LogP contribution in [0.5, 0.6) is 5.75 Å².